The van der Waals surface area contributed by atoms with Gasteiger partial charge in [0, 0.05) is 16.9 Å². The number of phenolic OH excluding ortho intramolecular Hbond substituents is 1. The van der Waals surface area contributed by atoms with Crippen LogP contribution >= 0.6 is 0 Å². The predicted molar refractivity (Wildman–Crippen MR) is 113 cm³/mol. The first kappa shape index (κ1) is 23.0. The number of sulfone groups is 1. The lowest BCUT2D eigenvalue weighted by Crippen LogP contribution is -2.17. The van der Waals surface area contributed by atoms with E-state index in [1.54, 1.807) is 18.2 Å². The van der Waals surface area contributed by atoms with Crippen molar-refractivity contribution >= 4 is 15.9 Å². The average molecular weight is 390 g/mol. The number of hydrogen-bond donors (Lipinski definition) is 1. The molecule has 0 aliphatic rings. The number of benzene rings is 1. The number of nitrogens with zero attached hydrogens (tertiary/aromatic N) is 1. The van der Waals surface area contributed by atoms with E-state index in [2.05, 4.69) is 11.4 Å². The summed E-state index contributed by atoms with van der Waals surface area (Å²) in [5, 5.41) is 10.5. The van der Waals surface area contributed by atoms with Crippen molar-refractivity contribution in [2.75, 3.05) is 5.75 Å². The summed E-state index contributed by atoms with van der Waals surface area (Å²) >= 11 is 0. The van der Waals surface area contributed by atoms with Crippen LogP contribution in [0.4, 0.5) is 0 Å². The Labute approximate surface area is 164 Å². The lowest BCUT2D eigenvalue weighted by atomic mass is 9.78. The summed E-state index contributed by atoms with van der Waals surface area (Å²) in [5.41, 5.74) is 1.43. The normalized spacial score (nSPS) is 13.3. The maximum absolute atomic E-state index is 12.5. The molecule has 148 valence electrons. The molecule has 0 saturated heterocycles. The van der Waals surface area contributed by atoms with Crippen molar-refractivity contribution in [1.29, 1.82) is 0 Å². The Balaban J connectivity index is 3.59. The number of aromatic hydroxyl groups is 1. The summed E-state index contributed by atoms with van der Waals surface area (Å²) in [5.74, 6) is 0.147. The molecule has 0 radical (unpaired) electrons. The molecule has 0 unspecified atom stereocenters. The molecular formula is C22H31NO3S. The Hall–Kier alpha value is -2.06. The lowest BCUT2D eigenvalue weighted by Gasteiger charge is -2.28. The van der Waals surface area contributed by atoms with E-state index in [4.69, 9.17) is 6.57 Å². The van der Waals surface area contributed by atoms with E-state index in [1.807, 2.05) is 41.5 Å². The largest absolute Gasteiger partial charge is 0.507 e. The van der Waals surface area contributed by atoms with Gasteiger partial charge < -0.3 is 5.11 Å². The average Bonchev–Trinajstić information content (AvgIpc) is 2.51. The quantitative estimate of drug-likeness (QED) is 0.392. The zero-order chi connectivity index (χ0) is 21.0. The van der Waals surface area contributed by atoms with Crippen LogP contribution in [0.1, 0.15) is 71.1 Å². The third-order valence-electron chi connectivity index (χ3n) is 4.29. The van der Waals surface area contributed by atoms with Crippen LogP contribution in [0, 0.1) is 6.57 Å². The zero-order valence-electron chi connectivity index (χ0n) is 17.3. The molecule has 0 aromatic heterocycles. The van der Waals surface area contributed by atoms with Gasteiger partial charge in [-0.15, -0.1) is 6.58 Å². The molecule has 1 N–H and O–H groups in total. The highest BCUT2D eigenvalue weighted by molar-refractivity contribution is 7.95. The van der Waals surface area contributed by atoms with Crippen LogP contribution in [0.3, 0.4) is 0 Å². The summed E-state index contributed by atoms with van der Waals surface area (Å²) in [6.45, 7) is 22.9. The van der Waals surface area contributed by atoms with Crippen molar-refractivity contribution in [3.05, 3.63) is 57.9 Å². The number of allylic oxidation sites excluding steroid dienone is 1. The fourth-order valence-electron chi connectivity index (χ4n) is 2.74. The molecule has 27 heavy (non-hydrogen) atoms. The van der Waals surface area contributed by atoms with Crippen LogP contribution in [0.15, 0.2) is 29.8 Å². The molecule has 0 aliphatic heterocycles. The van der Waals surface area contributed by atoms with Crippen LogP contribution in [-0.4, -0.2) is 19.3 Å². The van der Waals surface area contributed by atoms with Gasteiger partial charge in [-0.1, -0.05) is 47.6 Å². The Morgan fingerprint density at radius 2 is 1.63 bits per heavy atom. The van der Waals surface area contributed by atoms with E-state index >= 15 is 0 Å². The van der Waals surface area contributed by atoms with Gasteiger partial charge in [-0.2, -0.15) is 0 Å². The second-order valence-electron chi connectivity index (χ2n) is 8.81. The van der Waals surface area contributed by atoms with Gasteiger partial charge in [-0.25, -0.2) is 13.3 Å². The number of unbranched alkanes of at least 4 members (excludes halogenated alkanes) is 1. The first-order valence-electron chi connectivity index (χ1n) is 9.05. The van der Waals surface area contributed by atoms with Crippen LogP contribution in [0.5, 0.6) is 5.75 Å². The molecule has 0 aliphatic carbocycles. The summed E-state index contributed by atoms with van der Waals surface area (Å²) in [4.78, 5) is 3.27. The van der Waals surface area contributed by atoms with E-state index in [-0.39, 0.29) is 27.4 Å². The van der Waals surface area contributed by atoms with E-state index in [1.165, 1.54) is 6.08 Å². The molecule has 4 nitrogen and oxygen atoms in total. The summed E-state index contributed by atoms with van der Waals surface area (Å²) in [6.07, 6.45) is 4.11. The van der Waals surface area contributed by atoms with Crippen molar-refractivity contribution in [1.82, 2.24) is 0 Å². The van der Waals surface area contributed by atoms with E-state index in [9.17, 15) is 13.5 Å². The third-order valence-corrected chi connectivity index (χ3v) is 5.96. The maximum atomic E-state index is 12.5. The van der Waals surface area contributed by atoms with Gasteiger partial charge in [0.2, 0.25) is 0 Å². The molecule has 1 aromatic rings. The van der Waals surface area contributed by atoms with Gasteiger partial charge in [0.05, 0.1) is 6.57 Å². The van der Waals surface area contributed by atoms with Crippen molar-refractivity contribution in [3.8, 4) is 5.75 Å². The second kappa shape index (κ2) is 8.31. The van der Waals surface area contributed by atoms with Crippen molar-refractivity contribution in [3.63, 3.8) is 0 Å². The van der Waals surface area contributed by atoms with Crippen molar-refractivity contribution in [2.45, 2.75) is 65.2 Å². The Kier molecular flexibility index (Phi) is 7.07. The van der Waals surface area contributed by atoms with Crippen LogP contribution < -0.4 is 0 Å². The predicted octanol–water partition coefficient (Wildman–Crippen LogP) is 5.59. The molecular weight excluding hydrogens is 358 g/mol. The number of phenols is 1. The summed E-state index contributed by atoms with van der Waals surface area (Å²) in [7, 11) is -3.65. The standard InChI is InChI=1S/C22H31NO3S/c1-9-10-11-12-27(25,26)19(23-8)15-16-13-17(21(2,3)4)20(24)18(14-16)22(5,6)7/h9,13-15,24H,1,10-12H2,2-7H3. The van der Waals surface area contributed by atoms with Gasteiger partial charge >= 0.3 is 0 Å². The first-order chi connectivity index (χ1) is 12.2. The van der Waals surface area contributed by atoms with E-state index < -0.39 is 9.84 Å². The molecule has 0 saturated carbocycles. The van der Waals surface area contributed by atoms with E-state index in [0.717, 1.165) is 11.1 Å². The minimum Gasteiger partial charge on any atom is -0.507 e. The van der Waals surface area contributed by atoms with Crippen LogP contribution in [-0.2, 0) is 20.7 Å². The summed E-state index contributed by atoms with van der Waals surface area (Å²) < 4.78 is 25.0. The molecule has 1 aromatic carbocycles. The minimum absolute atomic E-state index is 0.0798. The monoisotopic (exact) mass is 389 g/mol. The Bertz CT molecular complexity index is 839. The lowest BCUT2D eigenvalue weighted by molar-refractivity contribution is 0.423. The van der Waals surface area contributed by atoms with Crippen molar-refractivity contribution < 1.29 is 13.5 Å². The molecule has 5 heteroatoms. The van der Waals surface area contributed by atoms with Gasteiger partial charge in [0.15, 0.2) is 9.84 Å². The van der Waals surface area contributed by atoms with Crippen molar-refractivity contribution in [2.24, 2.45) is 0 Å². The second-order valence-corrected chi connectivity index (χ2v) is 10.9. The van der Waals surface area contributed by atoms with Gasteiger partial charge in [-0.3, -0.25) is 0 Å². The molecule has 0 atom stereocenters. The van der Waals surface area contributed by atoms with Gasteiger partial charge in [0.1, 0.15) is 5.75 Å². The maximum Gasteiger partial charge on any atom is 0.279 e. The Morgan fingerprint density at radius 1 is 1.15 bits per heavy atom. The fraction of sp³-hybridized carbons (Fsp3) is 0.500. The highest BCUT2D eigenvalue weighted by Gasteiger charge is 2.27. The third kappa shape index (κ3) is 5.97. The molecule has 0 bridgehead atoms. The number of rotatable bonds is 6. The Morgan fingerprint density at radius 3 is 2.00 bits per heavy atom. The molecule has 0 fully saturated rings. The topological polar surface area (TPSA) is 58.7 Å². The SMILES string of the molecule is [C-]#[N+]C(=Cc1cc(C(C)(C)C)c(O)c(C(C)(C)C)c1)S(=O)(=O)CCCC=C. The zero-order valence-corrected chi connectivity index (χ0v) is 18.1. The highest BCUT2D eigenvalue weighted by atomic mass is 32.2. The van der Waals surface area contributed by atoms with Gasteiger partial charge in [-0.05, 0) is 47.4 Å². The smallest absolute Gasteiger partial charge is 0.279 e. The van der Waals surface area contributed by atoms with Crippen LogP contribution in [0.2, 0.25) is 0 Å². The molecule has 0 heterocycles. The molecule has 1 rings (SSSR count). The highest BCUT2D eigenvalue weighted by Crippen LogP contribution is 2.40. The minimum atomic E-state index is -3.65. The van der Waals surface area contributed by atoms with E-state index in [0.29, 0.717) is 18.4 Å². The molecule has 0 spiro atoms. The van der Waals surface area contributed by atoms with Crippen LogP contribution in [0.25, 0.3) is 10.9 Å². The fourth-order valence-corrected chi connectivity index (χ4v) is 3.95. The number of hydrogen-bond acceptors (Lipinski definition) is 3. The molecule has 0 amide bonds. The van der Waals surface area contributed by atoms with Gasteiger partial charge in [0.25, 0.3) is 5.03 Å². The summed E-state index contributed by atoms with van der Waals surface area (Å²) in [6, 6.07) is 3.55. The first-order valence-corrected chi connectivity index (χ1v) is 10.7.